The third kappa shape index (κ3) is 4.83. The first-order valence-electron chi connectivity index (χ1n) is 10.6. The number of aliphatic hydroxyl groups excluding tert-OH is 1. The molecule has 0 atom stereocenters. The fourth-order valence-corrected chi connectivity index (χ4v) is 3.27. The second kappa shape index (κ2) is 8.59. The van der Waals surface area contributed by atoms with Crippen molar-refractivity contribution in [2.75, 3.05) is 17.7 Å². The number of pyridine rings is 1. The number of hydrogen-bond donors (Lipinski definition) is 3. The highest BCUT2D eigenvalue weighted by Crippen LogP contribution is 2.32. The van der Waals surface area contributed by atoms with Gasteiger partial charge < -0.3 is 20.7 Å². The van der Waals surface area contributed by atoms with Crippen molar-refractivity contribution in [1.29, 1.82) is 0 Å². The minimum atomic E-state index is -0.474. The molecule has 0 fully saturated rings. The van der Waals surface area contributed by atoms with Gasteiger partial charge in [0.25, 0.3) is 5.89 Å². The molecule has 33 heavy (non-hydrogen) atoms. The van der Waals surface area contributed by atoms with E-state index in [0.717, 1.165) is 22.3 Å². The number of aliphatic hydroxyl groups is 1. The van der Waals surface area contributed by atoms with Crippen molar-refractivity contribution < 1.29 is 9.63 Å². The Morgan fingerprint density at radius 1 is 0.879 bits per heavy atom. The van der Waals surface area contributed by atoms with Gasteiger partial charge in [-0.15, -0.1) is 0 Å². The van der Waals surface area contributed by atoms with E-state index in [4.69, 9.17) is 10.3 Å². The van der Waals surface area contributed by atoms with Crippen LogP contribution in [-0.4, -0.2) is 42.3 Å². The molecular formula is C24H27N7O2. The first kappa shape index (κ1) is 22.3. The summed E-state index contributed by atoms with van der Waals surface area (Å²) >= 11 is 0. The van der Waals surface area contributed by atoms with Gasteiger partial charge in [0, 0.05) is 24.2 Å². The Hall–Kier alpha value is -3.85. The van der Waals surface area contributed by atoms with Gasteiger partial charge in [-0.2, -0.15) is 4.98 Å². The van der Waals surface area contributed by atoms with Gasteiger partial charge >= 0.3 is 0 Å². The maximum absolute atomic E-state index is 9.41. The average Bonchev–Trinajstić information content (AvgIpc) is 3.31. The summed E-state index contributed by atoms with van der Waals surface area (Å²) in [6.45, 7) is 7.87. The van der Waals surface area contributed by atoms with E-state index in [9.17, 15) is 5.11 Å². The number of anilines is 2. The number of aromatic nitrogens is 5. The van der Waals surface area contributed by atoms with Gasteiger partial charge in [0.05, 0.1) is 23.1 Å². The van der Waals surface area contributed by atoms with Crippen molar-refractivity contribution in [3.8, 4) is 22.6 Å². The predicted octanol–water partition coefficient (Wildman–Crippen LogP) is 3.68. The normalized spacial score (nSPS) is 12.0. The zero-order valence-electron chi connectivity index (χ0n) is 19.1. The first-order valence-corrected chi connectivity index (χ1v) is 10.6. The van der Waals surface area contributed by atoms with Gasteiger partial charge in [0.15, 0.2) is 5.82 Å². The van der Waals surface area contributed by atoms with Crippen LogP contribution in [0.2, 0.25) is 0 Å². The van der Waals surface area contributed by atoms with E-state index < -0.39 is 11.0 Å². The zero-order valence-corrected chi connectivity index (χ0v) is 19.1. The molecule has 4 rings (SSSR count). The van der Waals surface area contributed by atoms with Crippen LogP contribution in [0.3, 0.4) is 0 Å². The summed E-state index contributed by atoms with van der Waals surface area (Å²) in [4.78, 5) is 17.1. The van der Waals surface area contributed by atoms with Crippen LogP contribution >= 0.6 is 0 Å². The van der Waals surface area contributed by atoms with Crippen molar-refractivity contribution in [3.63, 3.8) is 0 Å². The Morgan fingerprint density at radius 3 is 2.12 bits per heavy atom. The van der Waals surface area contributed by atoms with Crippen LogP contribution in [-0.2, 0) is 5.41 Å². The topological polar surface area (TPSA) is 136 Å². The van der Waals surface area contributed by atoms with E-state index in [1.165, 1.54) is 0 Å². The minimum Gasteiger partial charge on any atom is -0.394 e. The van der Waals surface area contributed by atoms with Crippen molar-refractivity contribution >= 4 is 11.8 Å². The second-order valence-electron chi connectivity index (χ2n) is 9.05. The van der Waals surface area contributed by atoms with Gasteiger partial charge in [0.1, 0.15) is 5.82 Å². The Kier molecular flexibility index (Phi) is 5.82. The van der Waals surface area contributed by atoms with Gasteiger partial charge in [-0.1, -0.05) is 29.4 Å². The maximum Gasteiger partial charge on any atom is 0.259 e. The second-order valence-corrected chi connectivity index (χ2v) is 9.05. The van der Waals surface area contributed by atoms with Crippen LogP contribution in [0.1, 0.15) is 39.1 Å². The van der Waals surface area contributed by atoms with Crippen molar-refractivity contribution in [3.05, 3.63) is 66.4 Å². The monoisotopic (exact) mass is 445 g/mol. The van der Waals surface area contributed by atoms with E-state index in [1.54, 1.807) is 18.6 Å². The highest BCUT2D eigenvalue weighted by Gasteiger charge is 2.29. The third-order valence-electron chi connectivity index (χ3n) is 5.47. The molecule has 0 spiro atoms. The van der Waals surface area contributed by atoms with E-state index in [0.29, 0.717) is 17.5 Å². The summed E-state index contributed by atoms with van der Waals surface area (Å²) in [7, 11) is 0. The van der Waals surface area contributed by atoms with Crippen molar-refractivity contribution in [1.82, 2.24) is 25.1 Å². The minimum absolute atomic E-state index is 0.00668. The summed E-state index contributed by atoms with van der Waals surface area (Å²) in [5, 5.41) is 16.8. The molecular weight excluding hydrogens is 418 g/mol. The SMILES string of the molecule is CC(C)(CO)Nc1ccc(-c2nc(C(C)(C)c3ccc(-c4cnc(N)nc4)cc3)no2)cn1. The van der Waals surface area contributed by atoms with E-state index >= 15 is 0 Å². The number of nitrogens with zero attached hydrogens (tertiary/aromatic N) is 5. The van der Waals surface area contributed by atoms with Crippen LogP contribution < -0.4 is 11.1 Å². The van der Waals surface area contributed by atoms with Crippen LogP contribution in [0.5, 0.6) is 0 Å². The van der Waals surface area contributed by atoms with Gasteiger partial charge in [-0.05, 0) is 51.0 Å². The summed E-state index contributed by atoms with van der Waals surface area (Å²) in [5.74, 6) is 1.88. The molecule has 0 radical (unpaired) electrons. The number of benzene rings is 1. The highest BCUT2D eigenvalue weighted by atomic mass is 16.5. The molecule has 3 aromatic heterocycles. The smallest absolute Gasteiger partial charge is 0.259 e. The molecule has 4 N–H and O–H groups in total. The van der Waals surface area contributed by atoms with E-state index in [-0.39, 0.29) is 12.6 Å². The van der Waals surface area contributed by atoms with Crippen LogP contribution in [0.25, 0.3) is 22.6 Å². The van der Waals surface area contributed by atoms with Crippen LogP contribution in [0, 0.1) is 0 Å². The molecule has 0 saturated heterocycles. The lowest BCUT2D eigenvalue weighted by Crippen LogP contribution is -2.35. The summed E-state index contributed by atoms with van der Waals surface area (Å²) in [5.41, 5.74) is 8.27. The fraction of sp³-hybridized carbons (Fsp3) is 0.292. The van der Waals surface area contributed by atoms with E-state index in [1.807, 2.05) is 64.1 Å². The molecule has 0 amide bonds. The van der Waals surface area contributed by atoms with E-state index in [2.05, 4.69) is 30.4 Å². The molecule has 0 aliphatic carbocycles. The maximum atomic E-state index is 9.41. The number of nitrogens with one attached hydrogen (secondary N) is 1. The molecule has 0 aliphatic rings. The Bertz CT molecular complexity index is 1220. The van der Waals surface area contributed by atoms with Crippen LogP contribution in [0.4, 0.5) is 11.8 Å². The van der Waals surface area contributed by atoms with Crippen molar-refractivity contribution in [2.45, 2.75) is 38.6 Å². The molecule has 170 valence electrons. The standard InChI is InChI=1S/C24H27N7O2/c1-23(2,14-32)30-19-10-7-16(11-26-19)20-29-21(31-33-20)24(3,4)18-8-5-15(6-9-18)17-12-27-22(25)28-13-17/h5-13,32H,14H2,1-4H3,(H,26,30)(H2,25,27,28). The van der Waals surface area contributed by atoms with Gasteiger partial charge in [-0.3, -0.25) is 0 Å². The average molecular weight is 446 g/mol. The molecule has 4 aromatic rings. The quantitative estimate of drug-likeness (QED) is 0.389. The molecule has 1 aromatic carbocycles. The molecule has 9 heteroatoms. The Morgan fingerprint density at radius 2 is 1.52 bits per heavy atom. The fourth-order valence-electron chi connectivity index (χ4n) is 3.27. The molecule has 0 bridgehead atoms. The lowest BCUT2D eigenvalue weighted by atomic mass is 9.83. The molecule has 3 heterocycles. The summed E-state index contributed by atoms with van der Waals surface area (Å²) in [6.07, 6.45) is 5.07. The van der Waals surface area contributed by atoms with Gasteiger partial charge in [-0.25, -0.2) is 15.0 Å². The Balaban J connectivity index is 1.53. The molecule has 0 aliphatic heterocycles. The predicted molar refractivity (Wildman–Crippen MR) is 126 cm³/mol. The lowest BCUT2D eigenvalue weighted by Gasteiger charge is -2.24. The highest BCUT2D eigenvalue weighted by molar-refractivity contribution is 5.62. The van der Waals surface area contributed by atoms with Crippen molar-refractivity contribution in [2.24, 2.45) is 0 Å². The van der Waals surface area contributed by atoms with Gasteiger partial charge in [0.2, 0.25) is 5.95 Å². The molecule has 9 nitrogen and oxygen atoms in total. The lowest BCUT2D eigenvalue weighted by molar-refractivity contribution is 0.234. The third-order valence-corrected chi connectivity index (χ3v) is 5.47. The van der Waals surface area contributed by atoms with Crippen LogP contribution in [0.15, 0.2) is 59.5 Å². The number of hydrogen-bond acceptors (Lipinski definition) is 9. The summed E-state index contributed by atoms with van der Waals surface area (Å²) < 4.78 is 5.53. The summed E-state index contributed by atoms with van der Waals surface area (Å²) in [6, 6.07) is 11.8. The Labute approximate surface area is 192 Å². The molecule has 0 saturated carbocycles. The number of nitrogens with two attached hydrogens (primary N) is 1. The number of rotatable bonds is 7. The zero-order chi connectivity index (χ0) is 23.6. The molecule has 0 unspecified atom stereocenters. The largest absolute Gasteiger partial charge is 0.394 e. The number of nitrogen functional groups attached to an aromatic ring is 1. The first-order chi connectivity index (χ1) is 15.7.